The second-order valence-corrected chi connectivity index (χ2v) is 7.99. The first-order chi connectivity index (χ1) is 13.5. The maximum absolute atomic E-state index is 12.7. The van der Waals surface area contributed by atoms with E-state index in [-0.39, 0.29) is 11.6 Å². The van der Waals surface area contributed by atoms with Crippen LogP contribution in [0.4, 0.5) is 0 Å². The van der Waals surface area contributed by atoms with Crippen LogP contribution in [0.25, 0.3) is 0 Å². The molecule has 146 valence electrons. The normalized spacial score (nSPS) is 19.9. The Hall–Kier alpha value is -2.41. The topological polar surface area (TPSA) is 89.9 Å². The highest BCUT2D eigenvalue weighted by molar-refractivity contribution is 9.10. The van der Waals surface area contributed by atoms with Crippen molar-refractivity contribution in [2.45, 2.75) is 44.4 Å². The lowest BCUT2D eigenvalue weighted by Gasteiger charge is -2.36. The average Bonchev–Trinajstić information content (AvgIpc) is 2.66. The van der Waals surface area contributed by atoms with Gasteiger partial charge in [-0.2, -0.15) is 0 Å². The van der Waals surface area contributed by atoms with Gasteiger partial charge in [-0.25, -0.2) is 4.79 Å². The summed E-state index contributed by atoms with van der Waals surface area (Å²) in [4.78, 5) is 36.2. The first kappa shape index (κ1) is 18.9. The van der Waals surface area contributed by atoms with Gasteiger partial charge in [0.15, 0.2) is 18.2 Å². The summed E-state index contributed by atoms with van der Waals surface area (Å²) in [6, 6.07) is 5.25. The quantitative estimate of drug-likeness (QED) is 0.750. The molecule has 0 aromatic heterocycles. The molecule has 1 aromatic rings. The number of carbonyl (C=O) groups is 3. The van der Waals surface area contributed by atoms with Crippen LogP contribution in [0.3, 0.4) is 0 Å². The summed E-state index contributed by atoms with van der Waals surface area (Å²) < 4.78 is 11.9. The predicted octanol–water partition coefficient (Wildman–Crippen LogP) is 4.04. The molecule has 3 aliphatic rings. The van der Waals surface area contributed by atoms with Crippen molar-refractivity contribution in [2.24, 2.45) is 0 Å². The Balaban J connectivity index is 1.78. The van der Waals surface area contributed by atoms with E-state index in [1.807, 2.05) is 0 Å². The minimum atomic E-state index is -1.06. The molecule has 6 nitrogen and oxygen atoms in total. The number of allylic oxidation sites excluding steroid dienone is 4. The van der Waals surface area contributed by atoms with Gasteiger partial charge in [0, 0.05) is 42.7 Å². The fourth-order valence-corrected chi connectivity index (χ4v) is 4.62. The molecule has 2 aliphatic carbocycles. The molecule has 0 fully saturated rings. The van der Waals surface area contributed by atoms with Crippen molar-refractivity contribution in [3.8, 4) is 5.75 Å². The number of halogens is 1. The van der Waals surface area contributed by atoms with Crippen LogP contribution in [-0.4, -0.2) is 29.2 Å². The zero-order valence-electron chi connectivity index (χ0n) is 15.1. The molecule has 1 aromatic carbocycles. The Bertz CT molecular complexity index is 900. The van der Waals surface area contributed by atoms with E-state index in [2.05, 4.69) is 15.9 Å². The number of ether oxygens (including phenoxy) is 2. The highest BCUT2D eigenvalue weighted by Crippen LogP contribution is 2.48. The molecule has 0 saturated carbocycles. The molecule has 0 atom stereocenters. The number of rotatable bonds is 4. The largest absolute Gasteiger partial charge is 0.481 e. The molecule has 0 amide bonds. The molecule has 1 N–H and O–H groups in total. The SMILES string of the molecule is O=C(O)COc1ccc(C2C3=C(CCCC3=O)OC3=C2C(=O)CCC3)cc1Br. The fourth-order valence-electron chi connectivity index (χ4n) is 4.10. The van der Waals surface area contributed by atoms with Gasteiger partial charge in [-0.15, -0.1) is 0 Å². The summed E-state index contributed by atoms with van der Waals surface area (Å²) in [5.41, 5.74) is 1.97. The molecule has 0 unspecified atom stereocenters. The van der Waals surface area contributed by atoms with E-state index in [0.29, 0.717) is 58.6 Å². The van der Waals surface area contributed by atoms with Gasteiger partial charge >= 0.3 is 5.97 Å². The van der Waals surface area contributed by atoms with Gasteiger partial charge < -0.3 is 14.6 Å². The summed E-state index contributed by atoms with van der Waals surface area (Å²) in [7, 11) is 0. The zero-order chi connectivity index (χ0) is 19.8. The lowest BCUT2D eigenvalue weighted by atomic mass is 9.73. The summed E-state index contributed by atoms with van der Waals surface area (Å²) in [6.07, 6.45) is 3.82. The van der Waals surface area contributed by atoms with Crippen LogP contribution in [-0.2, 0) is 19.1 Å². The van der Waals surface area contributed by atoms with Crippen LogP contribution < -0.4 is 4.74 Å². The van der Waals surface area contributed by atoms with Gasteiger partial charge in [-0.05, 0) is 46.5 Å². The highest BCUT2D eigenvalue weighted by atomic mass is 79.9. The maximum Gasteiger partial charge on any atom is 0.341 e. The first-order valence-electron chi connectivity index (χ1n) is 9.30. The van der Waals surface area contributed by atoms with E-state index in [4.69, 9.17) is 14.6 Å². The van der Waals surface area contributed by atoms with Gasteiger partial charge in [0.25, 0.3) is 0 Å². The fraction of sp³-hybridized carbons (Fsp3) is 0.381. The zero-order valence-corrected chi connectivity index (χ0v) is 16.7. The van der Waals surface area contributed by atoms with E-state index in [1.165, 1.54) is 0 Å². The first-order valence-corrected chi connectivity index (χ1v) is 10.1. The van der Waals surface area contributed by atoms with Gasteiger partial charge in [0.05, 0.1) is 4.47 Å². The molecule has 4 rings (SSSR count). The molecule has 28 heavy (non-hydrogen) atoms. The second kappa shape index (κ2) is 7.54. The Labute approximate surface area is 170 Å². The van der Waals surface area contributed by atoms with Crippen molar-refractivity contribution in [2.75, 3.05) is 6.61 Å². The summed E-state index contributed by atoms with van der Waals surface area (Å²) >= 11 is 3.42. The smallest absolute Gasteiger partial charge is 0.341 e. The molecular formula is C21H19BrO6. The second-order valence-electron chi connectivity index (χ2n) is 7.13. The third-order valence-electron chi connectivity index (χ3n) is 5.28. The molecule has 0 radical (unpaired) electrons. The van der Waals surface area contributed by atoms with Crippen LogP contribution >= 0.6 is 15.9 Å². The Morgan fingerprint density at radius 1 is 1.07 bits per heavy atom. The number of hydrogen-bond acceptors (Lipinski definition) is 5. The number of benzene rings is 1. The summed E-state index contributed by atoms with van der Waals surface area (Å²) in [5.74, 6) is 0.326. The van der Waals surface area contributed by atoms with Crippen LogP contribution in [0.15, 0.2) is 45.3 Å². The Morgan fingerprint density at radius 2 is 1.68 bits per heavy atom. The number of ketones is 2. The predicted molar refractivity (Wildman–Crippen MR) is 103 cm³/mol. The molecular weight excluding hydrogens is 428 g/mol. The molecule has 0 spiro atoms. The maximum atomic E-state index is 12.7. The van der Waals surface area contributed by atoms with Gasteiger partial charge in [-0.3, -0.25) is 9.59 Å². The van der Waals surface area contributed by atoms with Gasteiger partial charge in [0.1, 0.15) is 17.3 Å². The van der Waals surface area contributed by atoms with Crippen molar-refractivity contribution in [3.63, 3.8) is 0 Å². The third kappa shape index (κ3) is 3.39. The Morgan fingerprint density at radius 3 is 2.21 bits per heavy atom. The number of aliphatic carboxylic acids is 1. The number of Topliss-reactive ketones (excluding diaryl/α,β-unsaturated/α-hetero) is 2. The van der Waals surface area contributed by atoms with Crippen LogP contribution in [0.2, 0.25) is 0 Å². The van der Waals surface area contributed by atoms with E-state index < -0.39 is 18.5 Å². The Kier molecular flexibility index (Phi) is 5.10. The number of carboxylic acid groups (broad SMARTS) is 1. The minimum absolute atomic E-state index is 0.0264. The number of carbonyl (C=O) groups excluding carboxylic acids is 2. The summed E-state index contributed by atoms with van der Waals surface area (Å²) in [6.45, 7) is -0.448. The van der Waals surface area contributed by atoms with Crippen LogP contribution in [0.5, 0.6) is 5.75 Å². The number of carboxylic acids is 1. The van der Waals surface area contributed by atoms with Crippen LogP contribution in [0, 0.1) is 0 Å². The van der Waals surface area contributed by atoms with E-state index >= 15 is 0 Å². The van der Waals surface area contributed by atoms with E-state index in [0.717, 1.165) is 18.4 Å². The van der Waals surface area contributed by atoms with E-state index in [1.54, 1.807) is 18.2 Å². The molecule has 1 heterocycles. The molecule has 0 bridgehead atoms. The van der Waals surface area contributed by atoms with Crippen molar-refractivity contribution < 1.29 is 29.0 Å². The third-order valence-corrected chi connectivity index (χ3v) is 5.90. The van der Waals surface area contributed by atoms with Gasteiger partial charge in [-0.1, -0.05) is 6.07 Å². The van der Waals surface area contributed by atoms with Crippen molar-refractivity contribution in [1.82, 2.24) is 0 Å². The molecule has 7 heteroatoms. The minimum Gasteiger partial charge on any atom is -0.481 e. The summed E-state index contributed by atoms with van der Waals surface area (Å²) in [5, 5.41) is 8.80. The molecule has 1 aliphatic heterocycles. The van der Waals surface area contributed by atoms with E-state index in [9.17, 15) is 14.4 Å². The van der Waals surface area contributed by atoms with Crippen molar-refractivity contribution in [1.29, 1.82) is 0 Å². The number of hydrogen-bond donors (Lipinski definition) is 1. The average molecular weight is 447 g/mol. The van der Waals surface area contributed by atoms with Crippen molar-refractivity contribution >= 4 is 33.5 Å². The lowest BCUT2D eigenvalue weighted by Crippen LogP contribution is -2.30. The lowest BCUT2D eigenvalue weighted by molar-refractivity contribution is -0.139. The van der Waals surface area contributed by atoms with Crippen LogP contribution in [0.1, 0.15) is 50.0 Å². The monoisotopic (exact) mass is 446 g/mol. The van der Waals surface area contributed by atoms with Crippen molar-refractivity contribution in [3.05, 3.63) is 50.9 Å². The molecule has 0 saturated heterocycles. The standard InChI is InChI=1S/C21H19BrO6/c22-12-9-11(7-8-15(12)27-10-18(25)26)19-20-13(23)3-1-5-16(20)28-17-6-2-4-14(24)21(17)19/h7-9,19H,1-6,10H2,(H,25,26). The highest BCUT2D eigenvalue weighted by Gasteiger charge is 2.41. The van der Waals surface area contributed by atoms with Gasteiger partial charge in [0.2, 0.25) is 0 Å².